The van der Waals surface area contributed by atoms with Gasteiger partial charge < -0.3 is 9.80 Å². The van der Waals surface area contributed by atoms with Crippen molar-refractivity contribution in [2.75, 3.05) is 32.1 Å². The summed E-state index contributed by atoms with van der Waals surface area (Å²) in [4.78, 5) is 27.9. The highest BCUT2D eigenvalue weighted by Gasteiger charge is 2.25. The van der Waals surface area contributed by atoms with Gasteiger partial charge in [0.25, 0.3) is 5.56 Å². The molecule has 1 unspecified atom stereocenters. The molecular weight excluding hydrogens is 246 g/mol. The molecule has 0 aromatic carbocycles. The summed E-state index contributed by atoms with van der Waals surface area (Å²) in [5.41, 5.74) is -0.711. The Labute approximate surface area is 112 Å². The second kappa shape index (κ2) is 5.16. The molecule has 106 valence electrons. The maximum Gasteiger partial charge on any atom is 0.346 e. The number of nitrogens with zero attached hydrogens (tertiary/aromatic N) is 5. The molecule has 0 amide bonds. The number of rotatable bonds is 2. The zero-order valence-electron chi connectivity index (χ0n) is 12.0. The predicted octanol–water partition coefficient (Wildman–Crippen LogP) is -0.991. The topological polar surface area (TPSA) is 63.4 Å². The van der Waals surface area contributed by atoms with Crippen LogP contribution in [-0.2, 0) is 14.1 Å². The highest BCUT2D eigenvalue weighted by atomic mass is 16.2. The Bertz CT molecular complexity index is 574. The highest BCUT2D eigenvalue weighted by molar-refractivity contribution is 5.35. The number of aromatic nitrogens is 3. The quantitative estimate of drug-likeness (QED) is 0.688. The van der Waals surface area contributed by atoms with Gasteiger partial charge in [-0.1, -0.05) is 0 Å². The molecule has 19 heavy (non-hydrogen) atoms. The fourth-order valence-corrected chi connectivity index (χ4v) is 2.45. The molecule has 1 aliphatic heterocycles. The summed E-state index contributed by atoms with van der Waals surface area (Å²) in [5, 5.41) is 4.13. The predicted molar refractivity (Wildman–Crippen MR) is 73.6 cm³/mol. The molecule has 2 heterocycles. The largest absolute Gasteiger partial charge is 0.349 e. The normalized spacial score (nSPS) is 20.1. The number of aryl methyl sites for hydroxylation is 1. The average molecular weight is 267 g/mol. The van der Waals surface area contributed by atoms with Crippen LogP contribution in [0.25, 0.3) is 0 Å². The summed E-state index contributed by atoms with van der Waals surface area (Å²) in [5.74, 6) is 0.371. The zero-order valence-corrected chi connectivity index (χ0v) is 12.0. The van der Waals surface area contributed by atoms with Crippen molar-refractivity contribution in [1.29, 1.82) is 0 Å². The van der Waals surface area contributed by atoms with E-state index in [1.165, 1.54) is 11.7 Å². The summed E-state index contributed by atoms with van der Waals surface area (Å²) in [7, 11) is 7.14. The molecule has 7 nitrogen and oxygen atoms in total. The van der Waals surface area contributed by atoms with E-state index < -0.39 is 5.69 Å². The maximum atomic E-state index is 12.1. The molecule has 0 spiro atoms. The van der Waals surface area contributed by atoms with Crippen molar-refractivity contribution in [2.24, 2.45) is 14.1 Å². The molecule has 7 heteroatoms. The van der Waals surface area contributed by atoms with Crippen molar-refractivity contribution in [3.05, 3.63) is 20.8 Å². The molecule has 0 radical (unpaired) electrons. The number of hydrogen-bond donors (Lipinski definition) is 0. The summed E-state index contributed by atoms with van der Waals surface area (Å²) >= 11 is 0. The van der Waals surface area contributed by atoms with Crippen molar-refractivity contribution >= 4 is 5.82 Å². The standard InChI is InChI=1S/C12H21N5O2/c1-14(2)9-6-5-7-17(8-9)10-11(18)15(3)12(19)16(4)13-10/h9H,5-8H2,1-4H3. The Balaban J connectivity index is 2.37. The molecule has 2 rings (SSSR count). The van der Waals surface area contributed by atoms with Gasteiger partial charge in [0.05, 0.1) is 0 Å². The maximum absolute atomic E-state index is 12.1. The first-order chi connectivity index (χ1) is 8.91. The lowest BCUT2D eigenvalue weighted by Crippen LogP contribution is -2.49. The molecule has 1 aliphatic rings. The van der Waals surface area contributed by atoms with Crippen LogP contribution in [0.4, 0.5) is 5.82 Å². The number of likely N-dealkylation sites (N-methyl/N-ethyl adjacent to an activating group) is 1. The zero-order chi connectivity index (χ0) is 14.2. The van der Waals surface area contributed by atoms with Gasteiger partial charge in [-0.05, 0) is 26.9 Å². The van der Waals surface area contributed by atoms with Gasteiger partial charge in [-0.15, -0.1) is 5.10 Å². The van der Waals surface area contributed by atoms with Crippen molar-refractivity contribution in [1.82, 2.24) is 19.2 Å². The van der Waals surface area contributed by atoms with E-state index in [-0.39, 0.29) is 5.56 Å². The van der Waals surface area contributed by atoms with Crippen LogP contribution in [0.3, 0.4) is 0 Å². The minimum atomic E-state index is -0.394. The third-order valence-corrected chi connectivity index (χ3v) is 3.73. The van der Waals surface area contributed by atoms with Crippen molar-refractivity contribution in [2.45, 2.75) is 18.9 Å². The van der Waals surface area contributed by atoms with Crippen LogP contribution in [0.5, 0.6) is 0 Å². The SMILES string of the molecule is CN(C)C1CCCN(c2nn(C)c(=O)n(C)c2=O)C1. The van der Waals surface area contributed by atoms with Gasteiger partial charge in [-0.2, -0.15) is 0 Å². The molecule has 1 fully saturated rings. The van der Waals surface area contributed by atoms with E-state index >= 15 is 0 Å². The first-order valence-electron chi connectivity index (χ1n) is 6.47. The molecule has 0 bridgehead atoms. The Morgan fingerprint density at radius 2 is 1.95 bits per heavy atom. The smallest absolute Gasteiger partial charge is 0.346 e. The number of anilines is 1. The van der Waals surface area contributed by atoms with E-state index in [4.69, 9.17) is 0 Å². The summed E-state index contributed by atoms with van der Waals surface area (Å²) in [6.07, 6.45) is 2.14. The molecular formula is C12H21N5O2. The van der Waals surface area contributed by atoms with Gasteiger partial charge in [0.1, 0.15) is 0 Å². The Morgan fingerprint density at radius 3 is 2.58 bits per heavy atom. The second-order valence-electron chi connectivity index (χ2n) is 5.30. The fraction of sp³-hybridized carbons (Fsp3) is 0.750. The summed E-state index contributed by atoms with van der Waals surface area (Å²) < 4.78 is 2.33. The van der Waals surface area contributed by atoms with Crippen molar-refractivity contribution in [3.8, 4) is 0 Å². The Morgan fingerprint density at radius 1 is 1.26 bits per heavy atom. The lowest BCUT2D eigenvalue weighted by atomic mass is 10.1. The number of piperidine rings is 1. The van der Waals surface area contributed by atoms with Crippen molar-refractivity contribution in [3.63, 3.8) is 0 Å². The van der Waals surface area contributed by atoms with Gasteiger partial charge in [-0.25, -0.2) is 9.48 Å². The third kappa shape index (κ3) is 2.56. The minimum absolute atomic E-state index is 0.317. The summed E-state index contributed by atoms with van der Waals surface area (Å²) in [6.45, 7) is 1.58. The van der Waals surface area contributed by atoms with Gasteiger partial charge in [0, 0.05) is 33.2 Å². The third-order valence-electron chi connectivity index (χ3n) is 3.73. The van der Waals surface area contributed by atoms with Gasteiger partial charge in [0.15, 0.2) is 0 Å². The molecule has 0 saturated carbocycles. The van der Waals surface area contributed by atoms with Gasteiger partial charge in [0.2, 0.25) is 5.82 Å². The van der Waals surface area contributed by atoms with E-state index in [1.54, 1.807) is 7.05 Å². The van der Waals surface area contributed by atoms with Crippen LogP contribution >= 0.6 is 0 Å². The highest BCUT2D eigenvalue weighted by Crippen LogP contribution is 2.16. The van der Waals surface area contributed by atoms with E-state index in [2.05, 4.69) is 10.00 Å². The average Bonchev–Trinajstić information content (AvgIpc) is 2.40. The molecule has 1 saturated heterocycles. The minimum Gasteiger partial charge on any atom is -0.349 e. The van der Waals surface area contributed by atoms with Gasteiger partial charge in [-0.3, -0.25) is 9.36 Å². The molecule has 1 atom stereocenters. The Kier molecular flexibility index (Phi) is 3.75. The van der Waals surface area contributed by atoms with Crippen LogP contribution in [0, 0.1) is 0 Å². The number of hydrogen-bond acceptors (Lipinski definition) is 5. The first kappa shape index (κ1) is 13.8. The van der Waals surface area contributed by atoms with E-state index in [0.717, 1.165) is 30.5 Å². The fourth-order valence-electron chi connectivity index (χ4n) is 2.45. The van der Waals surface area contributed by atoms with E-state index in [1.807, 2.05) is 19.0 Å². The van der Waals surface area contributed by atoms with Crippen LogP contribution in [0.1, 0.15) is 12.8 Å². The molecule has 0 aliphatic carbocycles. The van der Waals surface area contributed by atoms with Crippen LogP contribution in [0.15, 0.2) is 9.59 Å². The molecule has 1 aromatic heterocycles. The monoisotopic (exact) mass is 267 g/mol. The van der Waals surface area contributed by atoms with Crippen molar-refractivity contribution < 1.29 is 0 Å². The van der Waals surface area contributed by atoms with Crippen LogP contribution in [0.2, 0.25) is 0 Å². The lowest BCUT2D eigenvalue weighted by molar-refractivity contribution is 0.256. The van der Waals surface area contributed by atoms with Gasteiger partial charge >= 0.3 is 5.69 Å². The first-order valence-corrected chi connectivity index (χ1v) is 6.47. The molecule has 0 N–H and O–H groups in total. The van der Waals surface area contributed by atoms with Crippen LogP contribution in [-0.4, -0.2) is 52.5 Å². The van der Waals surface area contributed by atoms with Crippen LogP contribution < -0.4 is 16.1 Å². The van der Waals surface area contributed by atoms with E-state index in [0.29, 0.717) is 11.9 Å². The second-order valence-corrected chi connectivity index (χ2v) is 5.30. The lowest BCUT2D eigenvalue weighted by Gasteiger charge is -2.36. The Hall–Kier alpha value is -1.63. The summed E-state index contributed by atoms with van der Waals surface area (Å²) in [6, 6.07) is 0.414. The van der Waals surface area contributed by atoms with E-state index in [9.17, 15) is 9.59 Å². The molecule has 1 aromatic rings.